The molecular formula is C24H16Cl2FN3O5. The van der Waals surface area contributed by atoms with Crippen LogP contribution in [-0.2, 0) is 11.4 Å². The first kappa shape index (κ1) is 25.5. The van der Waals surface area contributed by atoms with Gasteiger partial charge in [-0.15, -0.1) is 0 Å². The highest BCUT2D eigenvalue weighted by Gasteiger charge is 2.18. The van der Waals surface area contributed by atoms with Gasteiger partial charge in [-0.2, -0.15) is 5.26 Å². The third-order valence-electron chi connectivity index (χ3n) is 4.68. The summed E-state index contributed by atoms with van der Waals surface area (Å²) in [6.45, 7) is -0.0270. The topological polar surface area (TPSA) is 114 Å². The third-order valence-corrected chi connectivity index (χ3v) is 5.28. The highest BCUT2D eigenvalue weighted by Crippen LogP contribution is 2.35. The van der Waals surface area contributed by atoms with Crippen LogP contribution in [-0.4, -0.2) is 17.9 Å². The highest BCUT2D eigenvalue weighted by atomic mass is 35.5. The molecule has 0 aromatic heterocycles. The molecule has 0 atom stereocenters. The van der Waals surface area contributed by atoms with Crippen LogP contribution >= 0.6 is 23.2 Å². The number of anilines is 1. The molecule has 178 valence electrons. The van der Waals surface area contributed by atoms with Crippen LogP contribution in [0, 0.1) is 27.3 Å². The Balaban J connectivity index is 1.80. The second-order valence-electron chi connectivity index (χ2n) is 6.96. The van der Waals surface area contributed by atoms with Gasteiger partial charge >= 0.3 is 0 Å². The fraction of sp³-hybridized carbons (Fsp3) is 0.0833. The summed E-state index contributed by atoms with van der Waals surface area (Å²) in [5, 5.41) is 22.5. The molecule has 0 saturated heterocycles. The summed E-state index contributed by atoms with van der Waals surface area (Å²) in [4.78, 5) is 22.9. The molecule has 0 saturated carbocycles. The number of hydrogen-bond acceptors (Lipinski definition) is 6. The van der Waals surface area contributed by atoms with Gasteiger partial charge in [-0.3, -0.25) is 14.9 Å². The SMILES string of the molecule is COc1cc(/C=C(\C#N)C(=O)Nc2c(Cl)cc([N+](=O)[O-])cc2Cl)ccc1OCc1ccccc1F. The number of ether oxygens (including phenoxy) is 2. The molecule has 0 bridgehead atoms. The Kier molecular flexibility index (Phi) is 8.25. The zero-order valence-corrected chi connectivity index (χ0v) is 19.6. The molecule has 0 aliphatic rings. The summed E-state index contributed by atoms with van der Waals surface area (Å²) in [6.07, 6.45) is 1.30. The van der Waals surface area contributed by atoms with Crippen LogP contribution in [0.2, 0.25) is 10.0 Å². The van der Waals surface area contributed by atoms with Crippen molar-refractivity contribution in [3.8, 4) is 17.6 Å². The van der Waals surface area contributed by atoms with Gasteiger partial charge in [-0.05, 0) is 29.8 Å². The maximum absolute atomic E-state index is 13.8. The van der Waals surface area contributed by atoms with Crippen LogP contribution in [0.3, 0.4) is 0 Å². The molecular weight excluding hydrogens is 500 g/mol. The molecule has 0 aliphatic carbocycles. The number of hydrogen-bond donors (Lipinski definition) is 1. The number of rotatable bonds is 8. The van der Waals surface area contributed by atoms with Crippen LogP contribution in [0.5, 0.6) is 11.5 Å². The smallest absolute Gasteiger partial charge is 0.272 e. The normalized spacial score (nSPS) is 10.9. The fourth-order valence-corrected chi connectivity index (χ4v) is 3.51. The van der Waals surface area contributed by atoms with E-state index in [0.717, 1.165) is 12.1 Å². The summed E-state index contributed by atoms with van der Waals surface area (Å²) >= 11 is 12.0. The Hall–Kier alpha value is -4.13. The number of nitriles is 1. The van der Waals surface area contributed by atoms with Crippen LogP contribution in [0.4, 0.5) is 15.8 Å². The minimum atomic E-state index is -0.830. The number of nitrogens with one attached hydrogen (secondary N) is 1. The lowest BCUT2D eigenvalue weighted by Crippen LogP contribution is -2.14. The standard InChI is InChI=1S/C24H16Cl2FN3O5/c1-34-22-9-14(6-7-21(22)35-13-15-4-2-3-5-20(15)27)8-16(12-28)24(31)29-23-18(25)10-17(30(32)33)11-19(23)26/h2-11H,13H2,1H3,(H,29,31)/b16-8+. The average molecular weight is 516 g/mol. The van der Waals surface area contributed by atoms with E-state index in [1.807, 2.05) is 0 Å². The summed E-state index contributed by atoms with van der Waals surface area (Å²) in [5.74, 6) is -0.595. The number of benzene rings is 3. The van der Waals surface area contributed by atoms with Crippen molar-refractivity contribution in [2.75, 3.05) is 12.4 Å². The molecule has 0 fully saturated rings. The molecule has 0 heterocycles. The number of non-ortho nitro benzene ring substituents is 1. The van der Waals surface area contributed by atoms with E-state index in [1.165, 1.54) is 25.3 Å². The van der Waals surface area contributed by atoms with Crippen molar-refractivity contribution in [3.05, 3.63) is 97.3 Å². The molecule has 1 N–H and O–H groups in total. The molecule has 11 heteroatoms. The van der Waals surface area contributed by atoms with E-state index in [9.17, 15) is 24.6 Å². The van der Waals surface area contributed by atoms with Crippen molar-refractivity contribution >= 4 is 46.6 Å². The number of carbonyl (C=O) groups excluding carboxylic acids is 1. The maximum atomic E-state index is 13.8. The minimum Gasteiger partial charge on any atom is -0.493 e. The van der Waals surface area contributed by atoms with Crippen LogP contribution in [0.15, 0.2) is 60.2 Å². The van der Waals surface area contributed by atoms with Crippen molar-refractivity contribution < 1.29 is 23.6 Å². The van der Waals surface area contributed by atoms with Crippen LogP contribution < -0.4 is 14.8 Å². The predicted molar refractivity (Wildman–Crippen MR) is 129 cm³/mol. The number of nitro groups is 1. The Bertz CT molecular complexity index is 1350. The first-order valence-electron chi connectivity index (χ1n) is 9.84. The lowest BCUT2D eigenvalue weighted by molar-refractivity contribution is -0.384. The Morgan fingerprint density at radius 2 is 1.86 bits per heavy atom. The number of nitro benzene ring substituents is 1. The lowest BCUT2D eigenvalue weighted by atomic mass is 10.1. The molecule has 1 amide bonds. The van der Waals surface area contributed by atoms with Gasteiger partial charge in [0.2, 0.25) is 0 Å². The second kappa shape index (κ2) is 11.3. The first-order valence-corrected chi connectivity index (χ1v) is 10.6. The molecule has 0 radical (unpaired) electrons. The Morgan fingerprint density at radius 1 is 1.17 bits per heavy atom. The number of nitrogens with zero attached hydrogens (tertiary/aromatic N) is 2. The molecule has 0 spiro atoms. The highest BCUT2D eigenvalue weighted by molar-refractivity contribution is 6.40. The van der Waals surface area contributed by atoms with E-state index in [0.29, 0.717) is 22.6 Å². The zero-order chi connectivity index (χ0) is 25.5. The van der Waals surface area contributed by atoms with Gasteiger partial charge in [0.25, 0.3) is 11.6 Å². The predicted octanol–water partition coefficient (Wildman–Crippen LogP) is 6.17. The van der Waals surface area contributed by atoms with Crippen molar-refractivity contribution in [2.24, 2.45) is 0 Å². The fourth-order valence-electron chi connectivity index (χ4n) is 2.94. The van der Waals surface area contributed by atoms with Gasteiger partial charge in [0.05, 0.1) is 27.8 Å². The molecule has 0 unspecified atom stereocenters. The second-order valence-corrected chi connectivity index (χ2v) is 7.77. The number of halogens is 3. The average Bonchev–Trinajstić information content (AvgIpc) is 2.84. The Labute approximate surface area is 209 Å². The van der Waals surface area contributed by atoms with Crippen molar-refractivity contribution in [1.82, 2.24) is 0 Å². The molecule has 0 aliphatic heterocycles. The molecule has 3 rings (SSSR count). The Morgan fingerprint density at radius 3 is 2.46 bits per heavy atom. The minimum absolute atomic E-state index is 0.0270. The zero-order valence-electron chi connectivity index (χ0n) is 18.1. The van der Waals surface area contributed by atoms with Crippen LogP contribution in [0.25, 0.3) is 6.08 Å². The van der Waals surface area contributed by atoms with Gasteiger partial charge in [-0.25, -0.2) is 4.39 Å². The number of methoxy groups -OCH3 is 1. The summed E-state index contributed by atoms with van der Waals surface area (Å²) in [6, 6.07) is 14.7. The van der Waals surface area contributed by atoms with Gasteiger partial charge < -0.3 is 14.8 Å². The van der Waals surface area contributed by atoms with Gasteiger partial charge in [-0.1, -0.05) is 47.5 Å². The molecule has 35 heavy (non-hydrogen) atoms. The van der Waals surface area contributed by atoms with Crippen molar-refractivity contribution in [3.63, 3.8) is 0 Å². The molecule has 3 aromatic carbocycles. The van der Waals surface area contributed by atoms with Crippen molar-refractivity contribution in [2.45, 2.75) is 6.61 Å². The van der Waals surface area contributed by atoms with E-state index in [4.69, 9.17) is 32.7 Å². The maximum Gasteiger partial charge on any atom is 0.272 e. The summed E-state index contributed by atoms with van der Waals surface area (Å²) < 4.78 is 24.8. The summed E-state index contributed by atoms with van der Waals surface area (Å²) in [5.41, 5.74) is 0.0915. The van der Waals surface area contributed by atoms with E-state index in [1.54, 1.807) is 36.4 Å². The quantitative estimate of drug-likeness (QED) is 0.166. The van der Waals surface area contributed by atoms with E-state index >= 15 is 0 Å². The van der Waals surface area contributed by atoms with Crippen LogP contribution in [0.1, 0.15) is 11.1 Å². The molecule has 8 nitrogen and oxygen atoms in total. The van der Waals surface area contributed by atoms with E-state index in [2.05, 4.69) is 5.32 Å². The van der Waals surface area contributed by atoms with Gasteiger partial charge in [0, 0.05) is 17.7 Å². The largest absolute Gasteiger partial charge is 0.493 e. The van der Waals surface area contributed by atoms with Gasteiger partial charge in [0.1, 0.15) is 24.1 Å². The van der Waals surface area contributed by atoms with Gasteiger partial charge in [0.15, 0.2) is 11.5 Å². The molecule has 3 aromatic rings. The number of carbonyl (C=O) groups is 1. The lowest BCUT2D eigenvalue weighted by Gasteiger charge is -2.12. The third kappa shape index (κ3) is 6.26. The van der Waals surface area contributed by atoms with E-state index in [-0.39, 0.29) is 33.6 Å². The van der Waals surface area contributed by atoms with Crippen molar-refractivity contribution in [1.29, 1.82) is 5.26 Å². The monoisotopic (exact) mass is 515 g/mol. The first-order chi connectivity index (χ1) is 16.7. The summed E-state index contributed by atoms with van der Waals surface area (Å²) in [7, 11) is 1.41. The van der Waals surface area contributed by atoms with E-state index < -0.39 is 16.6 Å². The number of amides is 1.